The molecule has 148 valence electrons. The van der Waals surface area contributed by atoms with Crippen molar-refractivity contribution in [2.24, 2.45) is 0 Å². The number of aryl methyl sites for hydroxylation is 1. The SMILES string of the molecule is CCC[CH2][Sn]([CH2]CCC)([CH2]CCC)[C@H]1C[C@]1(O)CCCc1ccccc1. The summed E-state index contributed by atoms with van der Waals surface area (Å²) in [5, 5.41) is 11.4. The van der Waals surface area contributed by atoms with Gasteiger partial charge in [-0.1, -0.05) is 0 Å². The minimum atomic E-state index is -2.23. The second kappa shape index (κ2) is 11.1. The first kappa shape index (κ1) is 22.3. The molecule has 26 heavy (non-hydrogen) atoms. The van der Waals surface area contributed by atoms with Crippen molar-refractivity contribution in [3.63, 3.8) is 0 Å². The standard InChI is InChI=1S/C12H15O.3C4H9.Sn/c13-12(9-10-12)8-4-7-11-5-2-1-3-6-11;3*1-3-4-2;/h1-3,5-6,9,13H,4,7-8,10H2;3*1,3-4H2,2H3;/t12-;;;;/m0..../s1. The van der Waals surface area contributed by atoms with Gasteiger partial charge in [-0.25, -0.2) is 0 Å². The third-order valence-corrected chi connectivity index (χ3v) is 24.7. The zero-order valence-electron chi connectivity index (χ0n) is 17.6. The van der Waals surface area contributed by atoms with E-state index < -0.39 is 18.4 Å². The Kier molecular flexibility index (Phi) is 9.50. The third-order valence-electron chi connectivity index (χ3n) is 6.79. The van der Waals surface area contributed by atoms with Gasteiger partial charge in [-0.3, -0.25) is 0 Å². The molecule has 0 bridgehead atoms. The normalized spacial score (nSPS) is 22.5. The van der Waals surface area contributed by atoms with Crippen molar-refractivity contribution >= 4 is 18.4 Å². The van der Waals surface area contributed by atoms with Crippen LogP contribution >= 0.6 is 0 Å². The molecule has 2 atom stereocenters. The number of hydrogen-bond donors (Lipinski definition) is 1. The zero-order valence-corrected chi connectivity index (χ0v) is 20.5. The molecule has 0 aliphatic heterocycles. The Bertz CT molecular complexity index is 478. The van der Waals surface area contributed by atoms with Gasteiger partial charge in [-0.05, 0) is 0 Å². The summed E-state index contributed by atoms with van der Waals surface area (Å²) in [6.45, 7) is 7.03. The number of aliphatic hydroxyl groups is 1. The molecule has 0 heterocycles. The van der Waals surface area contributed by atoms with E-state index >= 15 is 0 Å². The summed E-state index contributed by atoms with van der Waals surface area (Å²) >= 11 is -2.23. The Balaban J connectivity index is 1.97. The van der Waals surface area contributed by atoms with Gasteiger partial charge in [-0.15, -0.1) is 0 Å². The molecule has 1 saturated carbocycles. The molecule has 2 rings (SSSR count). The quantitative estimate of drug-likeness (QED) is 0.285. The van der Waals surface area contributed by atoms with E-state index in [0.717, 1.165) is 29.6 Å². The summed E-state index contributed by atoms with van der Waals surface area (Å²) in [6.07, 6.45) is 12.7. The summed E-state index contributed by atoms with van der Waals surface area (Å²) in [5.74, 6) is 0. The van der Waals surface area contributed by atoms with Crippen LogP contribution in [-0.2, 0) is 6.42 Å². The van der Waals surface area contributed by atoms with Crippen molar-refractivity contribution in [1.82, 2.24) is 0 Å². The van der Waals surface area contributed by atoms with Crippen molar-refractivity contribution in [2.75, 3.05) is 0 Å². The molecule has 0 aromatic heterocycles. The summed E-state index contributed by atoms with van der Waals surface area (Å²) < 4.78 is 5.38. The van der Waals surface area contributed by atoms with Gasteiger partial charge in [0.25, 0.3) is 0 Å². The molecule has 1 aliphatic rings. The van der Waals surface area contributed by atoms with E-state index in [1.54, 1.807) is 0 Å². The van der Waals surface area contributed by atoms with E-state index in [2.05, 4.69) is 51.1 Å². The first-order valence-corrected chi connectivity index (χ1v) is 19.1. The Hall–Kier alpha value is -0.0213. The van der Waals surface area contributed by atoms with Crippen LogP contribution in [0.15, 0.2) is 30.3 Å². The fourth-order valence-corrected chi connectivity index (χ4v) is 25.2. The molecule has 0 spiro atoms. The van der Waals surface area contributed by atoms with Crippen LogP contribution in [0, 0.1) is 0 Å². The van der Waals surface area contributed by atoms with E-state index in [-0.39, 0.29) is 5.60 Å². The average molecular weight is 465 g/mol. The second-order valence-electron chi connectivity index (χ2n) is 8.87. The first-order chi connectivity index (χ1) is 12.6. The third kappa shape index (κ3) is 6.26. The molecule has 2 heteroatoms. The summed E-state index contributed by atoms with van der Waals surface area (Å²) in [6, 6.07) is 10.8. The van der Waals surface area contributed by atoms with Gasteiger partial charge < -0.3 is 0 Å². The van der Waals surface area contributed by atoms with Crippen molar-refractivity contribution in [3.05, 3.63) is 35.9 Å². The minimum absolute atomic E-state index is 0.278. The van der Waals surface area contributed by atoms with E-state index in [1.807, 2.05) is 0 Å². The van der Waals surface area contributed by atoms with Crippen LogP contribution in [0.3, 0.4) is 0 Å². The first-order valence-electron chi connectivity index (χ1n) is 11.4. The molecule has 0 amide bonds. The van der Waals surface area contributed by atoms with Crippen LogP contribution in [-0.4, -0.2) is 29.1 Å². The monoisotopic (exact) mass is 466 g/mol. The van der Waals surface area contributed by atoms with Crippen molar-refractivity contribution < 1.29 is 5.11 Å². The molecular weight excluding hydrogens is 423 g/mol. The Labute approximate surface area is 166 Å². The molecule has 0 unspecified atom stereocenters. The van der Waals surface area contributed by atoms with Crippen LogP contribution in [0.25, 0.3) is 0 Å². The molecule has 1 fully saturated rings. The molecule has 1 N–H and O–H groups in total. The van der Waals surface area contributed by atoms with Gasteiger partial charge in [0.2, 0.25) is 0 Å². The van der Waals surface area contributed by atoms with Gasteiger partial charge in [0.15, 0.2) is 0 Å². The van der Waals surface area contributed by atoms with Crippen LogP contribution in [0.4, 0.5) is 0 Å². The number of unbranched alkanes of at least 4 members (excludes halogenated alkanes) is 3. The fourth-order valence-electron chi connectivity index (χ4n) is 5.08. The Morgan fingerprint density at radius 2 is 1.42 bits per heavy atom. The molecule has 1 aromatic carbocycles. The predicted octanol–water partition coefficient (Wildman–Crippen LogP) is 7.36. The molecule has 0 saturated heterocycles. The molecule has 1 aliphatic carbocycles. The molecular formula is C24H42OSn. The van der Waals surface area contributed by atoms with E-state index in [1.165, 1.54) is 57.4 Å². The summed E-state index contributed by atoms with van der Waals surface area (Å²) in [7, 11) is 0. The maximum absolute atomic E-state index is 11.4. The molecule has 1 aromatic rings. The van der Waals surface area contributed by atoms with Crippen LogP contribution < -0.4 is 0 Å². The topological polar surface area (TPSA) is 20.2 Å². The van der Waals surface area contributed by atoms with Gasteiger partial charge in [0, 0.05) is 0 Å². The summed E-state index contributed by atoms with van der Waals surface area (Å²) in [4.78, 5) is 0. The van der Waals surface area contributed by atoms with E-state index in [9.17, 15) is 5.11 Å². The second-order valence-corrected chi connectivity index (χ2v) is 22.9. The number of rotatable bonds is 14. The van der Waals surface area contributed by atoms with Crippen molar-refractivity contribution in [2.45, 2.75) is 108 Å². The van der Waals surface area contributed by atoms with E-state index in [4.69, 9.17) is 0 Å². The van der Waals surface area contributed by atoms with Gasteiger partial charge in [-0.2, -0.15) is 0 Å². The Morgan fingerprint density at radius 3 is 1.92 bits per heavy atom. The van der Waals surface area contributed by atoms with Crippen molar-refractivity contribution in [3.8, 4) is 0 Å². The number of hydrogen-bond acceptors (Lipinski definition) is 1. The van der Waals surface area contributed by atoms with Crippen LogP contribution in [0.2, 0.25) is 17.2 Å². The zero-order chi connectivity index (χ0) is 18.9. The summed E-state index contributed by atoms with van der Waals surface area (Å²) in [5.41, 5.74) is 1.14. The van der Waals surface area contributed by atoms with Gasteiger partial charge >= 0.3 is 167 Å². The van der Waals surface area contributed by atoms with Gasteiger partial charge in [0.05, 0.1) is 0 Å². The van der Waals surface area contributed by atoms with Crippen molar-refractivity contribution in [1.29, 1.82) is 0 Å². The molecule has 0 radical (unpaired) electrons. The number of benzene rings is 1. The Morgan fingerprint density at radius 1 is 0.885 bits per heavy atom. The maximum atomic E-state index is 11.4. The predicted molar refractivity (Wildman–Crippen MR) is 118 cm³/mol. The molecule has 1 nitrogen and oxygen atoms in total. The fraction of sp³-hybridized carbons (Fsp3) is 0.750. The van der Waals surface area contributed by atoms with Crippen LogP contribution in [0.1, 0.15) is 84.1 Å². The van der Waals surface area contributed by atoms with E-state index in [0.29, 0.717) is 0 Å². The van der Waals surface area contributed by atoms with Gasteiger partial charge in [0.1, 0.15) is 0 Å². The average Bonchev–Trinajstić information content (AvgIpc) is 3.34. The van der Waals surface area contributed by atoms with Crippen LogP contribution in [0.5, 0.6) is 0 Å².